The molecule has 4 heteroatoms. The van der Waals surface area contributed by atoms with E-state index in [0.29, 0.717) is 6.54 Å². The van der Waals surface area contributed by atoms with Crippen molar-refractivity contribution in [1.82, 2.24) is 9.55 Å². The second-order valence-electron chi connectivity index (χ2n) is 2.14. The van der Waals surface area contributed by atoms with Gasteiger partial charge in [-0.15, -0.1) is 0 Å². The normalized spacial score (nSPS) is 10.1. The van der Waals surface area contributed by atoms with Crippen molar-refractivity contribution in [2.24, 2.45) is 0 Å². The van der Waals surface area contributed by atoms with Gasteiger partial charge in [0.05, 0.1) is 6.20 Å². The fraction of sp³-hybridized carbons (Fsp3) is 0.500. The Kier molecular flexibility index (Phi) is 1.80. The molecule has 0 unspecified atom stereocenters. The van der Waals surface area contributed by atoms with E-state index in [4.69, 9.17) is 5.11 Å². The van der Waals surface area contributed by atoms with Crippen LogP contribution in [-0.2, 0) is 6.54 Å². The minimum Gasteiger partial charge on any atom is -0.493 e. The third-order valence-electron chi connectivity index (χ3n) is 1.24. The lowest BCUT2D eigenvalue weighted by Crippen LogP contribution is -2.15. The highest BCUT2D eigenvalue weighted by Gasteiger charge is 1.97. The fourth-order valence-corrected chi connectivity index (χ4v) is 0.827. The molecular formula is C6H10N2O2. The predicted molar refractivity (Wildman–Crippen MR) is 37.0 cm³/mol. The number of rotatable bonds is 2. The average Bonchev–Trinajstić information content (AvgIpc) is 2.13. The fourth-order valence-electron chi connectivity index (χ4n) is 0.827. The highest BCUT2D eigenvalue weighted by molar-refractivity contribution is 5.00. The van der Waals surface area contributed by atoms with Crippen LogP contribution < -0.4 is 5.69 Å². The maximum Gasteiger partial charge on any atom is 0.328 e. The van der Waals surface area contributed by atoms with Gasteiger partial charge in [0.15, 0.2) is 0 Å². The standard InChI is InChI=1S/C6H10N2O2/c1-2-3-8-4-5(9)7-6(8)10/h4,9H,2-3H2,1H3,(H,7,10). The summed E-state index contributed by atoms with van der Waals surface area (Å²) in [6.07, 6.45) is 2.28. The number of nitrogens with one attached hydrogen (secondary N) is 1. The molecule has 1 rings (SSSR count). The summed E-state index contributed by atoms with van der Waals surface area (Å²) in [6, 6.07) is 0. The zero-order chi connectivity index (χ0) is 7.56. The van der Waals surface area contributed by atoms with Crippen LogP contribution in [-0.4, -0.2) is 14.7 Å². The van der Waals surface area contributed by atoms with Crippen LogP contribution in [0.25, 0.3) is 0 Å². The number of aromatic amines is 1. The number of hydrogen-bond acceptors (Lipinski definition) is 2. The second kappa shape index (κ2) is 2.60. The largest absolute Gasteiger partial charge is 0.493 e. The van der Waals surface area contributed by atoms with Gasteiger partial charge in [0.25, 0.3) is 0 Å². The third-order valence-corrected chi connectivity index (χ3v) is 1.24. The molecular weight excluding hydrogens is 132 g/mol. The molecule has 0 bridgehead atoms. The average molecular weight is 142 g/mol. The van der Waals surface area contributed by atoms with Crippen LogP contribution in [0.3, 0.4) is 0 Å². The van der Waals surface area contributed by atoms with Gasteiger partial charge in [0, 0.05) is 6.54 Å². The lowest BCUT2D eigenvalue weighted by atomic mass is 10.5. The van der Waals surface area contributed by atoms with E-state index in [1.807, 2.05) is 6.92 Å². The zero-order valence-corrected chi connectivity index (χ0v) is 5.79. The molecule has 56 valence electrons. The highest BCUT2D eigenvalue weighted by atomic mass is 16.3. The third kappa shape index (κ3) is 1.21. The molecule has 0 saturated heterocycles. The van der Waals surface area contributed by atoms with Gasteiger partial charge in [-0.05, 0) is 6.42 Å². The minimum absolute atomic E-state index is 0.0709. The van der Waals surface area contributed by atoms with E-state index in [1.165, 1.54) is 10.8 Å². The van der Waals surface area contributed by atoms with Crippen molar-refractivity contribution in [2.75, 3.05) is 0 Å². The maximum atomic E-state index is 10.8. The Morgan fingerprint density at radius 1 is 1.80 bits per heavy atom. The second-order valence-corrected chi connectivity index (χ2v) is 2.14. The predicted octanol–water partition coefficient (Wildman–Crippen LogP) is 0.292. The van der Waals surface area contributed by atoms with Crippen molar-refractivity contribution in [3.8, 4) is 5.88 Å². The zero-order valence-electron chi connectivity index (χ0n) is 5.79. The van der Waals surface area contributed by atoms with Crippen molar-refractivity contribution in [3.05, 3.63) is 16.7 Å². The Bertz CT molecular complexity index is 261. The van der Waals surface area contributed by atoms with Crippen molar-refractivity contribution >= 4 is 0 Å². The molecule has 0 saturated carbocycles. The van der Waals surface area contributed by atoms with Crippen LogP contribution in [0.15, 0.2) is 11.0 Å². The summed E-state index contributed by atoms with van der Waals surface area (Å²) in [6.45, 7) is 2.62. The Morgan fingerprint density at radius 2 is 2.50 bits per heavy atom. The summed E-state index contributed by atoms with van der Waals surface area (Å²) in [5.41, 5.74) is -0.251. The summed E-state index contributed by atoms with van der Waals surface area (Å²) in [5, 5.41) is 8.78. The molecule has 0 aliphatic carbocycles. The molecule has 4 nitrogen and oxygen atoms in total. The summed E-state index contributed by atoms with van der Waals surface area (Å²) in [7, 11) is 0. The van der Waals surface area contributed by atoms with E-state index in [-0.39, 0.29) is 11.6 Å². The SMILES string of the molecule is CCCn1cc(O)[nH]c1=O. The van der Waals surface area contributed by atoms with E-state index in [1.54, 1.807) is 0 Å². The first kappa shape index (κ1) is 6.92. The molecule has 0 aliphatic rings. The molecule has 1 heterocycles. The number of imidazole rings is 1. The van der Waals surface area contributed by atoms with E-state index in [9.17, 15) is 4.79 Å². The number of nitrogens with zero attached hydrogens (tertiary/aromatic N) is 1. The summed E-state index contributed by atoms with van der Waals surface area (Å²) >= 11 is 0. The van der Waals surface area contributed by atoms with E-state index in [2.05, 4.69) is 4.98 Å². The molecule has 0 atom stereocenters. The van der Waals surface area contributed by atoms with Gasteiger partial charge in [-0.3, -0.25) is 9.55 Å². The van der Waals surface area contributed by atoms with Crippen LogP contribution in [0.1, 0.15) is 13.3 Å². The highest BCUT2D eigenvalue weighted by Crippen LogP contribution is 1.97. The first-order valence-corrected chi connectivity index (χ1v) is 3.22. The van der Waals surface area contributed by atoms with E-state index < -0.39 is 0 Å². The Hall–Kier alpha value is -1.19. The number of aromatic nitrogens is 2. The monoisotopic (exact) mass is 142 g/mol. The van der Waals surface area contributed by atoms with Gasteiger partial charge < -0.3 is 5.11 Å². The van der Waals surface area contributed by atoms with Crippen LogP contribution >= 0.6 is 0 Å². The van der Waals surface area contributed by atoms with E-state index in [0.717, 1.165) is 6.42 Å². The van der Waals surface area contributed by atoms with Crippen LogP contribution in [0, 0.1) is 0 Å². The summed E-state index contributed by atoms with van der Waals surface area (Å²) in [5.74, 6) is -0.0709. The molecule has 0 spiro atoms. The Morgan fingerprint density at radius 3 is 2.90 bits per heavy atom. The van der Waals surface area contributed by atoms with Gasteiger partial charge in [0.2, 0.25) is 5.88 Å². The molecule has 0 fully saturated rings. The topological polar surface area (TPSA) is 58.0 Å². The van der Waals surface area contributed by atoms with Crippen molar-refractivity contribution in [2.45, 2.75) is 19.9 Å². The molecule has 0 aliphatic heterocycles. The summed E-state index contributed by atoms with van der Waals surface area (Å²) < 4.78 is 1.44. The molecule has 2 N–H and O–H groups in total. The number of aryl methyl sites for hydroxylation is 1. The first-order chi connectivity index (χ1) is 4.74. The van der Waals surface area contributed by atoms with Crippen molar-refractivity contribution in [3.63, 3.8) is 0 Å². The molecule has 0 aromatic carbocycles. The van der Waals surface area contributed by atoms with Gasteiger partial charge in [-0.2, -0.15) is 0 Å². The van der Waals surface area contributed by atoms with Crippen LogP contribution in [0.4, 0.5) is 0 Å². The lowest BCUT2D eigenvalue weighted by Gasteiger charge is -1.92. The Labute approximate surface area is 58.1 Å². The molecule has 1 aromatic rings. The van der Waals surface area contributed by atoms with E-state index >= 15 is 0 Å². The van der Waals surface area contributed by atoms with Crippen molar-refractivity contribution < 1.29 is 5.11 Å². The molecule has 10 heavy (non-hydrogen) atoms. The minimum atomic E-state index is -0.251. The molecule has 0 amide bonds. The van der Waals surface area contributed by atoms with Gasteiger partial charge in [0.1, 0.15) is 0 Å². The van der Waals surface area contributed by atoms with Gasteiger partial charge >= 0.3 is 5.69 Å². The molecule has 0 radical (unpaired) electrons. The van der Waals surface area contributed by atoms with Gasteiger partial charge in [-0.25, -0.2) is 4.79 Å². The maximum absolute atomic E-state index is 10.8. The smallest absolute Gasteiger partial charge is 0.328 e. The number of H-pyrrole nitrogens is 1. The molecule has 1 aromatic heterocycles. The number of aromatic hydroxyl groups is 1. The quantitative estimate of drug-likeness (QED) is 0.623. The number of hydrogen-bond donors (Lipinski definition) is 2. The summed E-state index contributed by atoms with van der Waals surface area (Å²) in [4.78, 5) is 13.0. The lowest BCUT2D eigenvalue weighted by molar-refractivity contribution is 0.455. The van der Waals surface area contributed by atoms with Crippen molar-refractivity contribution in [1.29, 1.82) is 0 Å². The van der Waals surface area contributed by atoms with Gasteiger partial charge in [-0.1, -0.05) is 6.92 Å². The first-order valence-electron chi connectivity index (χ1n) is 3.22. The van der Waals surface area contributed by atoms with Crippen LogP contribution in [0.2, 0.25) is 0 Å². The Balaban J connectivity index is 2.92. The van der Waals surface area contributed by atoms with Crippen LogP contribution in [0.5, 0.6) is 5.88 Å².